The summed E-state index contributed by atoms with van der Waals surface area (Å²) in [5.74, 6) is 0.882. The van der Waals surface area contributed by atoms with Crippen LogP contribution in [0.1, 0.15) is 39.0 Å². The van der Waals surface area contributed by atoms with Crippen molar-refractivity contribution in [3.05, 3.63) is 0 Å². The normalized spacial score (nSPS) is 35.8. The monoisotopic (exact) mass is 311 g/mol. The Morgan fingerprint density at radius 1 is 1.41 bits per heavy atom. The number of nitrogens with zero attached hydrogens (tertiary/aromatic N) is 1. The summed E-state index contributed by atoms with van der Waals surface area (Å²) in [4.78, 5) is 15.1. The van der Waals surface area contributed by atoms with Crippen molar-refractivity contribution >= 4 is 5.91 Å². The molecule has 3 atom stereocenters. The zero-order chi connectivity index (χ0) is 16.2. The van der Waals surface area contributed by atoms with Crippen LogP contribution in [-0.2, 0) is 9.53 Å². The summed E-state index contributed by atoms with van der Waals surface area (Å²) in [7, 11) is 5.97. The fourth-order valence-electron chi connectivity index (χ4n) is 4.19. The Morgan fingerprint density at radius 2 is 2.18 bits per heavy atom. The number of carbonyl (C=O) groups excluding carboxylic acids is 1. The van der Waals surface area contributed by atoms with E-state index in [9.17, 15) is 4.79 Å². The van der Waals surface area contributed by atoms with Crippen LogP contribution in [0.15, 0.2) is 0 Å². The molecule has 1 aliphatic carbocycles. The van der Waals surface area contributed by atoms with Crippen LogP contribution in [0.3, 0.4) is 0 Å². The smallest absolute Gasteiger partial charge is 0.229 e. The van der Waals surface area contributed by atoms with Crippen LogP contribution in [0, 0.1) is 11.3 Å². The second-order valence-corrected chi connectivity index (χ2v) is 7.64. The molecule has 5 heteroatoms. The molecule has 5 nitrogen and oxygen atoms in total. The third-order valence-electron chi connectivity index (χ3n) is 5.74. The Balaban J connectivity index is 2.01. The molecular weight excluding hydrogens is 278 g/mol. The van der Waals surface area contributed by atoms with Gasteiger partial charge in [0.1, 0.15) is 0 Å². The SMILES string of the molecule is COCC1(C(=O)NCC2(N(C)C)CCCC(C)C2)CCNC1. The molecule has 0 aromatic rings. The predicted molar refractivity (Wildman–Crippen MR) is 88.9 cm³/mol. The summed E-state index contributed by atoms with van der Waals surface area (Å²) in [6.07, 6.45) is 5.75. The summed E-state index contributed by atoms with van der Waals surface area (Å²) in [5.41, 5.74) is -0.282. The lowest BCUT2D eigenvalue weighted by Crippen LogP contribution is -2.57. The largest absolute Gasteiger partial charge is 0.384 e. The predicted octanol–water partition coefficient (Wildman–Crippen LogP) is 1.24. The van der Waals surface area contributed by atoms with E-state index in [4.69, 9.17) is 4.74 Å². The van der Waals surface area contributed by atoms with Crippen molar-refractivity contribution in [1.29, 1.82) is 0 Å². The second kappa shape index (κ2) is 7.28. The minimum atomic E-state index is -0.386. The maximum absolute atomic E-state index is 12.8. The van der Waals surface area contributed by atoms with Crippen molar-refractivity contribution in [2.24, 2.45) is 11.3 Å². The van der Waals surface area contributed by atoms with Crippen molar-refractivity contribution in [1.82, 2.24) is 15.5 Å². The van der Waals surface area contributed by atoms with Crippen LogP contribution >= 0.6 is 0 Å². The van der Waals surface area contributed by atoms with Crippen molar-refractivity contribution in [2.75, 3.05) is 47.4 Å². The van der Waals surface area contributed by atoms with Crippen molar-refractivity contribution < 1.29 is 9.53 Å². The van der Waals surface area contributed by atoms with Crippen LogP contribution in [0.25, 0.3) is 0 Å². The van der Waals surface area contributed by atoms with Crippen LogP contribution in [0.4, 0.5) is 0 Å². The van der Waals surface area contributed by atoms with E-state index in [0.29, 0.717) is 6.61 Å². The number of carbonyl (C=O) groups is 1. The number of nitrogens with one attached hydrogen (secondary N) is 2. The van der Waals surface area contributed by atoms with Gasteiger partial charge in [-0.05, 0) is 45.8 Å². The Bertz CT molecular complexity index is 380. The van der Waals surface area contributed by atoms with E-state index in [-0.39, 0.29) is 16.9 Å². The topological polar surface area (TPSA) is 53.6 Å². The zero-order valence-electron chi connectivity index (χ0n) is 14.7. The average molecular weight is 311 g/mol. The summed E-state index contributed by atoms with van der Waals surface area (Å²) in [5, 5.41) is 6.57. The van der Waals surface area contributed by atoms with Crippen molar-refractivity contribution in [3.63, 3.8) is 0 Å². The fourth-order valence-corrected chi connectivity index (χ4v) is 4.19. The molecule has 1 aliphatic heterocycles. The lowest BCUT2D eigenvalue weighted by Gasteiger charge is -2.45. The molecule has 1 amide bonds. The quantitative estimate of drug-likeness (QED) is 0.775. The van der Waals surface area contributed by atoms with E-state index in [1.807, 2.05) is 0 Å². The highest BCUT2D eigenvalue weighted by Crippen LogP contribution is 2.35. The summed E-state index contributed by atoms with van der Waals surface area (Å²) in [6, 6.07) is 0. The number of ether oxygens (including phenoxy) is 1. The molecular formula is C17H33N3O2. The van der Waals surface area contributed by atoms with E-state index in [1.165, 1.54) is 19.3 Å². The van der Waals surface area contributed by atoms with Gasteiger partial charge in [0.2, 0.25) is 5.91 Å². The lowest BCUT2D eigenvalue weighted by molar-refractivity contribution is -0.133. The second-order valence-electron chi connectivity index (χ2n) is 7.64. The first kappa shape index (κ1) is 17.7. The van der Waals surface area contributed by atoms with Gasteiger partial charge < -0.3 is 20.3 Å². The Kier molecular flexibility index (Phi) is 5.86. The summed E-state index contributed by atoms with van der Waals surface area (Å²) in [6.45, 7) is 5.18. The molecule has 3 unspecified atom stereocenters. The Morgan fingerprint density at radius 3 is 2.73 bits per heavy atom. The van der Waals surface area contributed by atoms with E-state index >= 15 is 0 Å². The third kappa shape index (κ3) is 3.63. The van der Waals surface area contributed by atoms with Gasteiger partial charge in [-0.2, -0.15) is 0 Å². The third-order valence-corrected chi connectivity index (χ3v) is 5.74. The minimum absolute atomic E-state index is 0.105. The number of rotatable bonds is 6. The summed E-state index contributed by atoms with van der Waals surface area (Å²) < 4.78 is 5.32. The lowest BCUT2D eigenvalue weighted by atomic mass is 9.75. The van der Waals surface area contributed by atoms with Crippen molar-refractivity contribution in [2.45, 2.75) is 44.6 Å². The van der Waals surface area contributed by atoms with E-state index in [0.717, 1.165) is 38.4 Å². The van der Waals surface area contributed by atoms with E-state index in [2.05, 4.69) is 36.6 Å². The number of hydrogen-bond donors (Lipinski definition) is 2. The zero-order valence-corrected chi connectivity index (χ0v) is 14.7. The first-order valence-electron chi connectivity index (χ1n) is 8.59. The molecule has 22 heavy (non-hydrogen) atoms. The molecule has 128 valence electrons. The van der Waals surface area contributed by atoms with Crippen LogP contribution < -0.4 is 10.6 Å². The standard InChI is InChI=1S/C17H33N3O2/c1-14-6-5-7-17(10-14,20(2)3)12-19-15(21)16(13-22-4)8-9-18-11-16/h14,18H,5-13H2,1-4H3,(H,19,21). The van der Waals surface area contributed by atoms with Gasteiger partial charge in [-0.25, -0.2) is 0 Å². The highest BCUT2D eigenvalue weighted by molar-refractivity contribution is 5.83. The van der Waals surface area contributed by atoms with E-state index in [1.54, 1.807) is 7.11 Å². The van der Waals surface area contributed by atoms with Gasteiger partial charge in [0.15, 0.2) is 0 Å². The first-order valence-corrected chi connectivity index (χ1v) is 8.59. The average Bonchev–Trinajstić information content (AvgIpc) is 2.95. The van der Waals surface area contributed by atoms with Gasteiger partial charge in [0.05, 0.1) is 12.0 Å². The Hall–Kier alpha value is -0.650. The molecule has 2 N–H and O–H groups in total. The van der Waals surface area contributed by atoms with Crippen molar-refractivity contribution in [3.8, 4) is 0 Å². The van der Waals surface area contributed by atoms with E-state index < -0.39 is 0 Å². The molecule has 0 aromatic heterocycles. The summed E-state index contributed by atoms with van der Waals surface area (Å²) >= 11 is 0. The number of likely N-dealkylation sites (N-methyl/N-ethyl adjacent to an activating group) is 1. The molecule has 0 aromatic carbocycles. The van der Waals surface area contributed by atoms with Gasteiger partial charge in [0, 0.05) is 25.7 Å². The molecule has 2 aliphatic rings. The molecule has 2 fully saturated rings. The van der Waals surface area contributed by atoms with Crippen LogP contribution in [0.5, 0.6) is 0 Å². The molecule has 2 rings (SSSR count). The number of hydrogen-bond acceptors (Lipinski definition) is 4. The van der Waals surface area contributed by atoms with Gasteiger partial charge in [-0.3, -0.25) is 4.79 Å². The van der Waals surface area contributed by atoms with Crippen LogP contribution in [-0.4, -0.2) is 63.8 Å². The van der Waals surface area contributed by atoms with Crippen LogP contribution in [0.2, 0.25) is 0 Å². The highest BCUT2D eigenvalue weighted by atomic mass is 16.5. The van der Waals surface area contributed by atoms with Gasteiger partial charge >= 0.3 is 0 Å². The highest BCUT2D eigenvalue weighted by Gasteiger charge is 2.43. The van der Waals surface area contributed by atoms with Gasteiger partial charge in [0.25, 0.3) is 0 Å². The van der Waals surface area contributed by atoms with Gasteiger partial charge in [-0.1, -0.05) is 19.8 Å². The maximum atomic E-state index is 12.8. The van der Waals surface area contributed by atoms with Gasteiger partial charge in [-0.15, -0.1) is 0 Å². The molecule has 1 saturated carbocycles. The fraction of sp³-hybridized carbons (Fsp3) is 0.941. The molecule has 0 radical (unpaired) electrons. The maximum Gasteiger partial charge on any atom is 0.229 e. The molecule has 0 bridgehead atoms. The molecule has 1 heterocycles. The molecule has 1 saturated heterocycles. The number of methoxy groups -OCH3 is 1. The number of amides is 1. The molecule has 0 spiro atoms. The Labute approximate surface area is 135 Å². The minimum Gasteiger partial charge on any atom is -0.384 e. The first-order chi connectivity index (χ1) is 10.4.